The Morgan fingerprint density at radius 3 is 2.44 bits per heavy atom. The number of fused-ring (bicyclic) bond motifs is 3. The third kappa shape index (κ3) is 2.15. The number of H-pyrrole nitrogens is 1. The van der Waals surface area contributed by atoms with Gasteiger partial charge in [-0.15, -0.1) is 0 Å². The van der Waals surface area contributed by atoms with Crippen molar-refractivity contribution in [2.24, 2.45) is 0 Å². The molecule has 0 saturated carbocycles. The fourth-order valence-corrected chi connectivity index (χ4v) is 3.83. The molecule has 1 aliphatic carbocycles. The van der Waals surface area contributed by atoms with E-state index < -0.39 is 17.3 Å². The highest BCUT2D eigenvalue weighted by atomic mass is 19.1. The van der Waals surface area contributed by atoms with Gasteiger partial charge in [0, 0.05) is 22.6 Å². The van der Waals surface area contributed by atoms with E-state index in [0.717, 1.165) is 5.56 Å². The van der Waals surface area contributed by atoms with Crippen molar-refractivity contribution in [3.63, 3.8) is 0 Å². The molecule has 2 heterocycles. The molecule has 2 aliphatic rings. The van der Waals surface area contributed by atoms with Crippen molar-refractivity contribution in [3.8, 4) is 0 Å². The van der Waals surface area contributed by atoms with Gasteiger partial charge >= 0.3 is 0 Å². The fourth-order valence-electron chi connectivity index (χ4n) is 3.83. The smallest absolute Gasteiger partial charge is 0.258 e. The summed E-state index contributed by atoms with van der Waals surface area (Å²) in [6.07, 6.45) is 0. The number of nitrogens with one attached hydrogen (secondary N) is 2. The Morgan fingerprint density at radius 2 is 1.70 bits per heavy atom. The van der Waals surface area contributed by atoms with Crippen molar-refractivity contribution >= 4 is 23.2 Å². The molecule has 1 aliphatic heterocycles. The van der Waals surface area contributed by atoms with Crippen molar-refractivity contribution < 1.29 is 9.18 Å². The van der Waals surface area contributed by atoms with Crippen molar-refractivity contribution in [1.29, 1.82) is 0 Å². The summed E-state index contributed by atoms with van der Waals surface area (Å²) in [5.41, 5.74) is 8.55. The molecule has 3 aromatic rings. The number of anilines is 2. The van der Waals surface area contributed by atoms with Crippen LogP contribution in [0.5, 0.6) is 0 Å². The SMILES string of the molecule is Nc1nc2c(c(=O)[nH]1)[C@@H](c1ccc(F)cc1)C1=C(N2)c2ccccc2C1=O. The third-order valence-electron chi connectivity index (χ3n) is 4.95. The number of nitrogens with two attached hydrogens (primary N) is 1. The molecular weight excluding hydrogens is 347 g/mol. The van der Waals surface area contributed by atoms with Gasteiger partial charge in [-0.2, -0.15) is 4.98 Å². The zero-order valence-corrected chi connectivity index (χ0v) is 13.9. The Labute approximate surface area is 152 Å². The van der Waals surface area contributed by atoms with Crippen LogP contribution in [0.3, 0.4) is 0 Å². The summed E-state index contributed by atoms with van der Waals surface area (Å²) < 4.78 is 13.5. The second-order valence-electron chi connectivity index (χ2n) is 6.49. The van der Waals surface area contributed by atoms with Gasteiger partial charge < -0.3 is 11.1 Å². The molecule has 0 saturated heterocycles. The minimum absolute atomic E-state index is 0.0224. The van der Waals surface area contributed by atoms with Gasteiger partial charge in [-0.25, -0.2) is 4.39 Å². The van der Waals surface area contributed by atoms with Gasteiger partial charge in [-0.1, -0.05) is 36.4 Å². The first-order valence-corrected chi connectivity index (χ1v) is 8.35. The first-order chi connectivity index (χ1) is 13.0. The number of rotatable bonds is 1. The Bertz CT molecular complexity index is 1210. The maximum Gasteiger partial charge on any atom is 0.258 e. The summed E-state index contributed by atoms with van der Waals surface area (Å²) in [4.78, 5) is 32.5. The molecule has 27 heavy (non-hydrogen) atoms. The second-order valence-corrected chi connectivity index (χ2v) is 6.49. The maximum atomic E-state index is 13.5. The van der Waals surface area contributed by atoms with Crippen molar-refractivity contribution in [2.75, 3.05) is 11.1 Å². The topological polar surface area (TPSA) is 101 Å². The van der Waals surface area contributed by atoms with E-state index in [2.05, 4.69) is 15.3 Å². The zero-order chi connectivity index (χ0) is 18.7. The average Bonchev–Trinajstić information content (AvgIpc) is 2.93. The van der Waals surface area contributed by atoms with Gasteiger partial charge in [-0.3, -0.25) is 14.6 Å². The summed E-state index contributed by atoms with van der Waals surface area (Å²) >= 11 is 0. The number of hydrogen-bond donors (Lipinski definition) is 3. The second kappa shape index (κ2) is 5.38. The van der Waals surface area contributed by atoms with E-state index in [4.69, 9.17) is 5.73 Å². The van der Waals surface area contributed by atoms with Crippen molar-refractivity contribution in [2.45, 2.75) is 5.92 Å². The van der Waals surface area contributed by atoms with E-state index >= 15 is 0 Å². The molecule has 0 unspecified atom stereocenters. The first-order valence-electron chi connectivity index (χ1n) is 8.35. The van der Waals surface area contributed by atoms with Crippen LogP contribution in [0.4, 0.5) is 16.2 Å². The van der Waals surface area contributed by atoms with Crippen LogP contribution in [0.25, 0.3) is 5.70 Å². The van der Waals surface area contributed by atoms with Gasteiger partial charge in [0.05, 0.1) is 11.3 Å². The molecule has 0 spiro atoms. The molecule has 0 fully saturated rings. The Kier molecular flexibility index (Phi) is 3.09. The molecule has 0 radical (unpaired) electrons. The van der Waals surface area contributed by atoms with Crippen LogP contribution in [0.15, 0.2) is 58.9 Å². The lowest BCUT2D eigenvalue weighted by atomic mass is 9.81. The first kappa shape index (κ1) is 15.5. The molecular formula is C20H13FN4O2. The van der Waals surface area contributed by atoms with E-state index in [9.17, 15) is 14.0 Å². The number of carbonyl (C=O) groups excluding carboxylic acids is 1. The molecule has 1 aromatic heterocycles. The normalized spacial score (nSPS) is 17.2. The largest absolute Gasteiger partial charge is 0.369 e. The van der Waals surface area contributed by atoms with E-state index in [1.807, 2.05) is 12.1 Å². The maximum absolute atomic E-state index is 13.5. The molecule has 2 aromatic carbocycles. The van der Waals surface area contributed by atoms with Crippen LogP contribution in [-0.4, -0.2) is 15.8 Å². The third-order valence-corrected chi connectivity index (χ3v) is 4.95. The Hall–Kier alpha value is -3.74. The van der Waals surface area contributed by atoms with Crippen LogP contribution < -0.4 is 16.6 Å². The number of Topliss-reactive ketones (excluding diaryl/α,β-unsaturated/α-hetero) is 1. The summed E-state index contributed by atoms with van der Waals surface area (Å²) in [5, 5.41) is 3.11. The number of allylic oxidation sites excluding steroid dienone is 1. The van der Waals surface area contributed by atoms with Crippen LogP contribution in [0.2, 0.25) is 0 Å². The number of hydrogen-bond acceptors (Lipinski definition) is 5. The van der Waals surface area contributed by atoms with E-state index in [-0.39, 0.29) is 17.3 Å². The molecule has 0 bridgehead atoms. The van der Waals surface area contributed by atoms with Gasteiger partial charge in [0.1, 0.15) is 11.6 Å². The summed E-state index contributed by atoms with van der Waals surface area (Å²) in [5.74, 6) is -0.954. The molecule has 7 heteroatoms. The Balaban J connectivity index is 1.83. The van der Waals surface area contributed by atoms with Gasteiger partial charge in [0.25, 0.3) is 5.56 Å². The summed E-state index contributed by atoms with van der Waals surface area (Å²) in [6, 6.07) is 13.0. The number of benzene rings is 2. The number of carbonyl (C=O) groups is 1. The number of nitrogen functional groups attached to an aromatic ring is 1. The number of nitrogens with zero attached hydrogens (tertiary/aromatic N) is 1. The highest BCUT2D eigenvalue weighted by Gasteiger charge is 2.41. The van der Waals surface area contributed by atoms with Crippen LogP contribution >= 0.6 is 0 Å². The number of halogens is 1. The number of aromatic amines is 1. The predicted octanol–water partition coefficient (Wildman–Crippen LogP) is 2.66. The molecule has 4 N–H and O–H groups in total. The van der Waals surface area contributed by atoms with Crippen LogP contribution in [-0.2, 0) is 0 Å². The zero-order valence-electron chi connectivity index (χ0n) is 13.9. The van der Waals surface area contributed by atoms with E-state index in [1.54, 1.807) is 24.3 Å². The molecule has 6 nitrogen and oxygen atoms in total. The van der Waals surface area contributed by atoms with Crippen LogP contribution in [0.1, 0.15) is 33.0 Å². The fraction of sp³-hybridized carbons (Fsp3) is 0.0500. The number of ketones is 1. The lowest BCUT2D eigenvalue weighted by Gasteiger charge is -2.27. The van der Waals surface area contributed by atoms with Crippen molar-refractivity contribution in [3.05, 3.63) is 92.5 Å². The van der Waals surface area contributed by atoms with Gasteiger partial charge in [-0.05, 0) is 17.7 Å². The van der Waals surface area contributed by atoms with E-state index in [1.165, 1.54) is 12.1 Å². The molecule has 5 rings (SSSR count). The molecule has 0 amide bonds. The standard InChI is InChI=1S/C20H13FN4O2/c21-10-7-5-9(6-8-10)13-14-16(11-3-1-2-4-12(11)17(14)26)23-18-15(13)19(27)25-20(22)24-18/h1-8,13H,(H4,22,23,24,25,27)/t13-/m0/s1. The summed E-state index contributed by atoms with van der Waals surface area (Å²) in [7, 11) is 0. The van der Waals surface area contributed by atoms with Crippen molar-refractivity contribution in [1.82, 2.24) is 9.97 Å². The highest BCUT2D eigenvalue weighted by molar-refractivity contribution is 6.23. The average molecular weight is 360 g/mol. The monoisotopic (exact) mass is 360 g/mol. The predicted molar refractivity (Wildman–Crippen MR) is 98.8 cm³/mol. The summed E-state index contributed by atoms with van der Waals surface area (Å²) in [6.45, 7) is 0. The molecule has 132 valence electrons. The van der Waals surface area contributed by atoms with Gasteiger partial charge in [0.2, 0.25) is 5.95 Å². The van der Waals surface area contributed by atoms with E-state index in [0.29, 0.717) is 28.2 Å². The quantitative estimate of drug-likeness (QED) is 0.619. The van der Waals surface area contributed by atoms with Gasteiger partial charge in [0.15, 0.2) is 5.78 Å². The number of aromatic nitrogens is 2. The lowest BCUT2D eigenvalue weighted by Crippen LogP contribution is -2.28. The Morgan fingerprint density at radius 1 is 1.00 bits per heavy atom. The minimum Gasteiger partial charge on any atom is -0.369 e. The van der Waals surface area contributed by atoms with Crippen LogP contribution in [0, 0.1) is 5.82 Å². The minimum atomic E-state index is -0.673. The highest BCUT2D eigenvalue weighted by Crippen LogP contribution is 2.47. The molecule has 1 atom stereocenters. The lowest BCUT2D eigenvalue weighted by molar-refractivity contribution is 0.103.